The summed E-state index contributed by atoms with van der Waals surface area (Å²) in [5.41, 5.74) is 0. The van der Waals surface area contributed by atoms with Gasteiger partial charge in [-0.05, 0) is 6.26 Å². The number of ether oxygens (including phenoxy) is 3. The predicted molar refractivity (Wildman–Crippen MR) is 81.6 cm³/mol. The van der Waals surface area contributed by atoms with Crippen molar-refractivity contribution in [1.82, 2.24) is 5.32 Å². The van der Waals surface area contributed by atoms with Gasteiger partial charge in [0.2, 0.25) is 5.91 Å². The molecule has 1 amide bonds. The molecule has 5 atom stereocenters. The van der Waals surface area contributed by atoms with Crippen molar-refractivity contribution in [3.8, 4) is 0 Å². The van der Waals surface area contributed by atoms with Gasteiger partial charge in [0.1, 0.15) is 0 Å². The molecule has 0 radical (unpaired) electrons. The Morgan fingerprint density at radius 3 is 1.61 bits per heavy atom. The molecule has 1 saturated carbocycles. The second-order valence-electron chi connectivity index (χ2n) is 5.15. The number of nitrogens with one attached hydrogen (secondary N) is 1. The molecule has 130 valence electrons. The average molecular weight is 347 g/mol. The van der Waals surface area contributed by atoms with Crippen molar-refractivity contribution < 1.29 is 33.4 Å². The van der Waals surface area contributed by atoms with E-state index in [-0.39, 0.29) is 5.91 Å². The fourth-order valence-electron chi connectivity index (χ4n) is 2.63. The molecule has 0 aromatic carbocycles. The summed E-state index contributed by atoms with van der Waals surface area (Å²) >= 11 is 1.32. The quantitative estimate of drug-likeness (QED) is 0.548. The largest absolute Gasteiger partial charge is 0.457 e. The fraction of sp³-hybridized carbons (Fsp3) is 0.714. The van der Waals surface area contributed by atoms with Crippen molar-refractivity contribution in [2.24, 2.45) is 0 Å². The highest BCUT2D eigenvalue weighted by molar-refractivity contribution is 7.99. The number of rotatable bonds is 5. The fourth-order valence-corrected chi connectivity index (χ4v) is 3.63. The molecule has 23 heavy (non-hydrogen) atoms. The number of carbonyl (C=O) groups excluding carboxylic acids is 4. The SMILES string of the molecule is CS[C@@H]1[C@@H](NC(C)=O)[C@@H](OC(C)=O)[C@@H](OC(C)=O)[C@H]1OC(C)=O. The van der Waals surface area contributed by atoms with Gasteiger partial charge in [-0.25, -0.2) is 0 Å². The molecular weight excluding hydrogens is 326 g/mol. The highest BCUT2D eigenvalue weighted by Gasteiger charge is 2.56. The molecule has 1 rings (SSSR count). The zero-order valence-electron chi connectivity index (χ0n) is 13.7. The molecule has 8 nitrogen and oxygen atoms in total. The van der Waals surface area contributed by atoms with E-state index in [9.17, 15) is 19.2 Å². The van der Waals surface area contributed by atoms with Crippen molar-refractivity contribution in [2.45, 2.75) is 57.3 Å². The number of hydrogen-bond donors (Lipinski definition) is 1. The van der Waals surface area contributed by atoms with Crippen LogP contribution in [0.3, 0.4) is 0 Å². The maximum Gasteiger partial charge on any atom is 0.303 e. The molecule has 1 N–H and O–H groups in total. The summed E-state index contributed by atoms with van der Waals surface area (Å²) in [4.78, 5) is 45.6. The van der Waals surface area contributed by atoms with E-state index in [0.717, 1.165) is 0 Å². The van der Waals surface area contributed by atoms with E-state index in [0.29, 0.717) is 0 Å². The van der Waals surface area contributed by atoms with E-state index < -0.39 is 47.5 Å². The molecule has 0 aromatic heterocycles. The molecule has 1 fully saturated rings. The van der Waals surface area contributed by atoms with Gasteiger partial charge in [-0.15, -0.1) is 0 Å². The van der Waals surface area contributed by atoms with Crippen LogP contribution in [0.2, 0.25) is 0 Å². The van der Waals surface area contributed by atoms with Crippen LogP contribution in [-0.2, 0) is 33.4 Å². The molecule has 1 aliphatic carbocycles. The van der Waals surface area contributed by atoms with Crippen LogP contribution < -0.4 is 5.32 Å². The lowest BCUT2D eigenvalue weighted by molar-refractivity contribution is -0.175. The Balaban J connectivity index is 3.23. The normalized spacial score (nSPS) is 29.5. The van der Waals surface area contributed by atoms with Crippen LogP contribution in [-0.4, -0.2) is 59.7 Å². The minimum Gasteiger partial charge on any atom is -0.457 e. The predicted octanol–water partition coefficient (Wildman–Crippen LogP) is 0.0314. The van der Waals surface area contributed by atoms with Crippen molar-refractivity contribution in [1.29, 1.82) is 0 Å². The molecule has 0 aromatic rings. The zero-order chi connectivity index (χ0) is 17.7. The van der Waals surface area contributed by atoms with Crippen LogP contribution in [0, 0.1) is 0 Å². The Kier molecular flexibility index (Phi) is 6.86. The highest BCUT2D eigenvalue weighted by atomic mass is 32.2. The van der Waals surface area contributed by atoms with Crippen LogP contribution in [0.25, 0.3) is 0 Å². The minimum atomic E-state index is -0.991. The smallest absolute Gasteiger partial charge is 0.303 e. The first-order chi connectivity index (χ1) is 10.7. The zero-order valence-corrected chi connectivity index (χ0v) is 14.5. The molecule has 0 bridgehead atoms. The summed E-state index contributed by atoms with van der Waals surface area (Å²) in [6.45, 7) is 4.97. The lowest BCUT2D eigenvalue weighted by Gasteiger charge is -2.25. The first kappa shape index (κ1) is 19.3. The summed E-state index contributed by atoms with van der Waals surface area (Å²) in [6.07, 6.45) is -1.01. The van der Waals surface area contributed by atoms with E-state index in [1.54, 1.807) is 6.26 Å². The summed E-state index contributed by atoms with van der Waals surface area (Å²) in [7, 11) is 0. The van der Waals surface area contributed by atoms with E-state index in [1.165, 1.54) is 39.5 Å². The van der Waals surface area contributed by atoms with Crippen molar-refractivity contribution in [3.05, 3.63) is 0 Å². The first-order valence-electron chi connectivity index (χ1n) is 6.99. The lowest BCUT2D eigenvalue weighted by atomic mass is 10.2. The Labute approximate surface area is 138 Å². The molecule has 0 aliphatic heterocycles. The van der Waals surface area contributed by atoms with Crippen LogP contribution in [0.4, 0.5) is 0 Å². The highest BCUT2D eigenvalue weighted by Crippen LogP contribution is 2.36. The van der Waals surface area contributed by atoms with Crippen molar-refractivity contribution in [2.75, 3.05) is 6.26 Å². The van der Waals surface area contributed by atoms with Gasteiger partial charge in [-0.2, -0.15) is 11.8 Å². The van der Waals surface area contributed by atoms with Crippen molar-refractivity contribution in [3.63, 3.8) is 0 Å². The van der Waals surface area contributed by atoms with Crippen LogP contribution in [0.1, 0.15) is 27.7 Å². The van der Waals surface area contributed by atoms with Crippen LogP contribution in [0.15, 0.2) is 0 Å². The minimum absolute atomic E-state index is 0.337. The lowest BCUT2D eigenvalue weighted by Crippen LogP contribution is -2.48. The monoisotopic (exact) mass is 347 g/mol. The Bertz CT molecular complexity index is 454. The molecule has 0 spiro atoms. The van der Waals surface area contributed by atoms with E-state index >= 15 is 0 Å². The van der Waals surface area contributed by atoms with Gasteiger partial charge < -0.3 is 19.5 Å². The Morgan fingerprint density at radius 2 is 1.22 bits per heavy atom. The number of esters is 3. The van der Waals surface area contributed by atoms with E-state index in [4.69, 9.17) is 14.2 Å². The summed E-state index contributed by atoms with van der Waals surface area (Å²) in [6, 6.07) is -0.653. The molecule has 1 aliphatic rings. The van der Waals surface area contributed by atoms with Gasteiger partial charge in [0.25, 0.3) is 0 Å². The number of thioether (sulfide) groups is 1. The van der Waals surface area contributed by atoms with Gasteiger partial charge in [-0.3, -0.25) is 19.2 Å². The summed E-state index contributed by atoms with van der Waals surface area (Å²) in [5.74, 6) is -2.09. The van der Waals surface area contributed by atoms with Gasteiger partial charge >= 0.3 is 17.9 Å². The maximum atomic E-state index is 11.5. The molecule has 0 heterocycles. The third-order valence-corrected chi connectivity index (χ3v) is 4.33. The van der Waals surface area contributed by atoms with E-state index in [2.05, 4.69) is 5.32 Å². The summed E-state index contributed by atoms with van der Waals surface area (Å²) in [5, 5.41) is 2.25. The molecular formula is C14H21NO7S. The van der Waals surface area contributed by atoms with Gasteiger partial charge in [0.05, 0.1) is 11.3 Å². The second-order valence-corrected chi connectivity index (χ2v) is 6.16. The number of hydrogen-bond acceptors (Lipinski definition) is 8. The van der Waals surface area contributed by atoms with Gasteiger partial charge in [0.15, 0.2) is 18.3 Å². The number of carbonyl (C=O) groups is 4. The first-order valence-corrected chi connectivity index (χ1v) is 8.27. The standard InChI is InChI=1S/C14H21NO7S/c1-6(16)15-10-11(20-7(2)17)12(21-8(3)18)13(14(10)23-5)22-9(4)19/h10-14H,1-5H3,(H,15,16)/t10-,11+,12+,13+,14+/m0/s1. The summed E-state index contributed by atoms with van der Waals surface area (Å²) < 4.78 is 15.7. The molecule has 0 unspecified atom stereocenters. The van der Waals surface area contributed by atoms with Crippen molar-refractivity contribution >= 4 is 35.6 Å². The third kappa shape index (κ3) is 5.12. The maximum absolute atomic E-state index is 11.5. The topological polar surface area (TPSA) is 108 Å². The third-order valence-electron chi connectivity index (χ3n) is 3.23. The van der Waals surface area contributed by atoms with Gasteiger partial charge in [-0.1, -0.05) is 0 Å². The number of amides is 1. The van der Waals surface area contributed by atoms with Crippen LogP contribution in [0.5, 0.6) is 0 Å². The van der Waals surface area contributed by atoms with Gasteiger partial charge in [0, 0.05) is 27.7 Å². The Morgan fingerprint density at radius 1 is 0.783 bits per heavy atom. The molecule has 9 heteroatoms. The Hall–Kier alpha value is -1.77. The second kappa shape index (κ2) is 8.19. The average Bonchev–Trinajstić information content (AvgIpc) is 2.62. The molecule has 0 saturated heterocycles. The van der Waals surface area contributed by atoms with E-state index in [1.807, 2.05) is 0 Å². The van der Waals surface area contributed by atoms with Crippen LogP contribution >= 0.6 is 11.8 Å².